The van der Waals surface area contributed by atoms with Gasteiger partial charge < -0.3 is 9.80 Å². The van der Waals surface area contributed by atoms with Gasteiger partial charge in [0.05, 0.1) is 17.8 Å². The minimum absolute atomic E-state index is 0. The highest BCUT2D eigenvalue weighted by Crippen LogP contribution is 2.24. The number of hydrogen-bond donors (Lipinski definition) is 0. The lowest BCUT2D eigenvalue weighted by Gasteiger charge is -2.31. The van der Waals surface area contributed by atoms with E-state index < -0.39 is 0 Å². The normalized spacial score (nSPS) is 21.7. The van der Waals surface area contributed by atoms with Gasteiger partial charge in [0.2, 0.25) is 5.95 Å². The summed E-state index contributed by atoms with van der Waals surface area (Å²) in [7, 11) is 0. The molecule has 0 spiro atoms. The van der Waals surface area contributed by atoms with Gasteiger partial charge in [-0.05, 0) is 25.0 Å². The quantitative estimate of drug-likeness (QED) is 0.657. The van der Waals surface area contributed by atoms with Gasteiger partial charge in [-0.25, -0.2) is 9.97 Å². The van der Waals surface area contributed by atoms with Crippen molar-refractivity contribution in [2.45, 2.75) is 18.9 Å². The summed E-state index contributed by atoms with van der Waals surface area (Å²) < 4.78 is 1.26. The van der Waals surface area contributed by atoms with Gasteiger partial charge in [0.15, 0.2) is 0 Å². The lowest BCUT2D eigenvalue weighted by Crippen LogP contribution is -2.38. The van der Waals surface area contributed by atoms with E-state index in [4.69, 9.17) is 0 Å². The molecule has 0 amide bonds. The topological polar surface area (TPSA) is 80.0 Å². The molecule has 0 aliphatic carbocycles. The fourth-order valence-electron chi connectivity index (χ4n) is 3.88. The third-order valence-electron chi connectivity index (χ3n) is 5.35. The molecule has 0 N–H and O–H groups in total. The summed E-state index contributed by atoms with van der Waals surface area (Å²) >= 11 is 0. The summed E-state index contributed by atoms with van der Waals surface area (Å²) in [6.07, 6.45) is 5.62. The molecular formula is C18H20ClN7O. The maximum atomic E-state index is 12.7. The van der Waals surface area contributed by atoms with Crippen LogP contribution in [0.5, 0.6) is 0 Å². The van der Waals surface area contributed by atoms with Gasteiger partial charge in [0.1, 0.15) is 11.2 Å². The number of benzene rings is 1. The summed E-state index contributed by atoms with van der Waals surface area (Å²) in [5, 5.41) is 8.67. The Morgan fingerprint density at radius 2 is 1.70 bits per heavy atom. The van der Waals surface area contributed by atoms with E-state index in [-0.39, 0.29) is 18.0 Å². The largest absolute Gasteiger partial charge is 0.336 e. The number of anilines is 1. The Balaban J connectivity index is 0.00000180. The fourth-order valence-corrected chi connectivity index (χ4v) is 3.88. The Morgan fingerprint density at radius 1 is 0.963 bits per heavy atom. The van der Waals surface area contributed by atoms with E-state index in [1.807, 2.05) is 12.1 Å². The fraction of sp³-hybridized carbons (Fsp3) is 0.389. The maximum Gasteiger partial charge on any atom is 0.282 e. The second-order valence-corrected chi connectivity index (χ2v) is 6.83. The SMILES string of the molecule is Cl.O=c1c2ccccc2nnn1-c1cnc(N2CCN3CCC2CC3)nc1. The predicted molar refractivity (Wildman–Crippen MR) is 105 cm³/mol. The zero-order valence-corrected chi connectivity index (χ0v) is 15.5. The van der Waals surface area contributed by atoms with E-state index in [1.54, 1.807) is 24.5 Å². The molecule has 3 aliphatic heterocycles. The molecule has 140 valence electrons. The lowest BCUT2D eigenvalue weighted by molar-refractivity contribution is 0.250. The van der Waals surface area contributed by atoms with Crippen molar-refractivity contribution in [1.82, 2.24) is 29.9 Å². The number of hydrogen-bond acceptors (Lipinski definition) is 7. The molecule has 1 aromatic carbocycles. The van der Waals surface area contributed by atoms with Gasteiger partial charge in [0.25, 0.3) is 5.56 Å². The molecule has 3 aromatic rings. The molecule has 0 saturated carbocycles. The number of piperidine rings is 1. The Bertz CT molecular complexity index is 999. The lowest BCUT2D eigenvalue weighted by atomic mass is 10.1. The summed E-state index contributed by atoms with van der Waals surface area (Å²) in [6, 6.07) is 7.69. The average molecular weight is 386 g/mol. The van der Waals surface area contributed by atoms with Crippen LogP contribution in [0.1, 0.15) is 12.8 Å². The maximum absolute atomic E-state index is 12.7. The van der Waals surface area contributed by atoms with Crippen molar-refractivity contribution in [3.63, 3.8) is 0 Å². The Hall–Kier alpha value is -2.58. The van der Waals surface area contributed by atoms with E-state index >= 15 is 0 Å². The van der Waals surface area contributed by atoms with Crippen LogP contribution in [-0.2, 0) is 0 Å². The van der Waals surface area contributed by atoms with Crippen LogP contribution in [0, 0.1) is 0 Å². The van der Waals surface area contributed by atoms with Crippen molar-refractivity contribution in [1.29, 1.82) is 0 Å². The first-order valence-electron chi connectivity index (χ1n) is 8.96. The van der Waals surface area contributed by atoms with Crippen LogP contribution in [-0.4, -0.2) is 62.1 Å². The van der Waals surface area contributed by atoms with E-state index in [1.165, 1.54) is 4.68 Å². The van der Waals surface area contributed by atoms with Crippen LogP contribution in [0.3, 0.4) is 0 Å². The molecule has 3 aliphatic rings. The first-order valence-corrected chi connectivity index (χ1v) is 8.96. The van der Waals surface area contributed by atoms with E-state index in [9.17, 15) is 4.79 Å². The van der Waals surface area contributed by atoms with Gasteiger partial charge in [-0.15, -0.1) is 17.5 Å². The molecule has 3 saturated heterocycles. The Kier molecular flexibility index (Phi) is 4.75. The van der Waals surface area contributed by atoms with E-state index in [0.717, 1.165) is 45.0 Å². The number of halogens is 1. The highest BCUT2D eigenvalue weighted by molar-refractivity contribution is 5.85. The highest BCUT2D eigenvalue weighted by Gasteiger charge is 2.30. The van der Waals surface area contributed by atoms with Crippen LogP contribution in [0.25, 0.3) is 16.6 Å². The van der Waals surface area contributed by atoms with Crippen molar-refractivity contribution in [2.75, 3.05) is 31.1 Å². The number of nitrogens with zero attached hydrogens (tertiary/aromatic N) is 7. The van der Waals surface area contributed by atoms with Crippen LogP contribution in [0.2, 0.25) is 0 Å². The monoisotopic (exact) mass is 385 g/mol. The molecule has 0 unspecified atom stereocenters. The minimum atomic E-state index is -0.215. The van der Waals surface area contributed by atoms with E-state index in [0.29, 0.717) is 22.6 Å². The van der Waals surface area contributed by atoms with Crippen LogP contribution < -0.4 is 10.5 Å². The summed E-state index contributed by atoms with van der Waals surface area (Å²) in [5.74, 6) is 0.726. The second-order valence-electron chi connectivity index (χ2n) is 6.83. The first-order chi connectivity index (χ1) is 12.8. The van der Waals surface area contributed by atoms with Crippen molar-refractivity contribution < 1.29 is 0 Å². The zero-order chi connectivity index (χ0) is 17.5. The standard InChI is InChI=1S/C18H19N7O.ClH/c26-17-15-3-1-2-4-16(15)21-22-25(17)14-11-19-18(20-12-14)24-10-9-23-7-5-13(24)6-8-23;/h1-4,11-13H,5-10H2;1H. The van der Waals surface area contributed by atoms with Gasteiger partial charge in [-0.2, -0.15) is 4.68 Å². The molecular weight excluding hydrogens is 366 g/mol. The highest BCUT2D eigenvalue weighted by atomic mass is 35.5. The average Bonchev–Trinajstić information content (AvgIpc) is 3.03. The molecule has 0 atom stereocenters. The van der Waals surface area contributed by atoms with Crippen molar-refractivity contribution in [3.8, 4) is 5.69 Å². The van der Waals surface area contributed by atoms with Gasteiger partial charge in [0, 0.05) is 32.2 Å². The first kappa shape index (κ1) is 17.8. The summed E-state index contributed by atoms with van der Waals surface area (Å²) in [5.41, 5.74) is 0.898. The molecule has 8 nitrogen and oxygen atoms in total. The molecule has 0 radical (unpaired) electrons. The molecule has 6 rings (SSSR count). The number of aromatic nitrogens is 5. The number of fused-ring (bicyclic) bond motifs is 5. The van der Waals surface area contributed by atoms with Gasteiger partial charge in [-0.1, -0.05) is 17.3 Å². The van der Waals surface area contributed by atoms with E-state index in [2.05, 4.69) is 30.1 Å². The molecule has 5 heterocycles. The van der Waals surface area contributed by atoms with Crippen LogP contribution in [0.4, 0.5) is 5.95 Å². The molecule has 2 aromatic heterocycles. The second kappa shape index (κ2) is 7.21. The van der Waals surface area contributed by atoms with Gasteiger partial charge >= 0.3 is 0 Å². The van der Waals surface area contributed by atoms with Crippen LogP contribution >= 0.6 is 12.4 Å². The molecule has 2 bridgehead atoms. The Morgan fingerprint density at radius 3 is 2.48 bits per heavy atom. The molecule has 3 fully saturated rings. The van der Waals surface area contributed by atoms with Crippen LogP contribution in [0.15, 0.2) is 41.5 Å². The summed E-state index contributed by atoms with van der Waals surface area (Å²) in [4.78, 5) is 26.5. The molecule has 27 heavy (non-hydrogen) atoms. The van der Waals surface area contributed by atoms with Crippen molar-refractivity contribution in [2.24, 2.45) is 0 Å². The predicted octanol–water partition coefficient (Wildman–Crippen LogP) is 1.28. The third-order valence-corrected chi connectivity index (χ3v) is 5.35. The molecule has 9 heteroatoms. The zero-order valence-electron chi connectivity index (χ0n) is 14.7. The van der Waals surface area contributed by atoms with Crippen molar-refractivity contribution >= 4 is 29.3 Å². The van der Waals surface area contributed by atoms with Gasteiger partial charge in [-0.3, -0.25) is 4.79 Å². The minimum Gasteiger partial charge on any atom is -0.336 e. The third kappa shape index (κ3) is 3.15. The summed E-state index contributed by atoms with van der Waals surface area (Å²) in [6.45, 7) is 4.31. The Labute approximate surface area is 162 Å². The smallest absolute Gasteiger partial charge is 0.282 e. The number of rotatable bonds is 2. The van der Waals surface area contributed by atoms with Crippen molar-refractivity contribution in [3.05, 3.63) is 47.0 Å².